The average molecular weight is 426 g/mol. The van der Waals surface area contributed by atoms with E-state index >= 15 is 0 Å². The Hall–Kier alpha value is -4.08. The third kappa shape index (κ3) is 2.52. The van der Waals surface area contributed by atoms with Crippen LogP contribution in [0.1, 0.15) is 29.6 Å². The molecule has 1 fully saturated rings. The number of hydrogen-bond donors (Lipinski definition) is 1. The second kappa shape index (κ2) is 6.22. The van der Waals surface area contributed by atoms with E-state index in [4.69, 9.17) is 4.52 Å². The number of rotatable bonds is 4. The molecule has 1 N–H and O–H groups in total. The van der Waals surface area contributed by atoms with E-state index in [9.17, 15) is 4.79 Å². The molecule has 0 radical (unpaired) electrons. The zero-order chi connectivity index (χ0) is 21.4. The van der Waals surface area contributed by atoms with Crippen LogP contribution >= 0.6 is 0 Å². The van der Waals surface area contributed by atoms with Gasteiger partial charge in [-0.05, 0) is 41.5 Å². The van der Waals surface area contributed by atoms with Crippen LogP contribution in [0, 0.1) is 11.8 Å². The van der Waals surface area contributed by atoms with Crippen LogP contribution in [0.3, 0.4) is 0 Å². The van der Waals surface area contributed by atoms with Crippen LogP contribution in [-0.4, -0.2) is 39.4 Å². The first-order chi connectivity index (χ1) is 15.7. The summed E-state index contributed by atoms with van der Waals surface area (Å²) in [5, 5.41) is 12.4. The highest BCUT2D eigenvalue weighted by Crippen LogP contribution is 2.62. The van der Waals surface area contributed by atoms with E-state index in [1.165, 1.54) is 22.0 Å². The van der Waals surface area contributed by atoms with Gasteiger partial charge in [0.25, 0.3) is 5.56 Å². The topological polar surface area (TPSA) is 120 Å². The Kier molecular flexibility index (Phi) is 3.42. The second-order valence-corrected chi connectivity index (χ2v) is 8.59. The molecule has 32 heavy (non-hydrogen) atoms. The predicted octanol–water partition coefficient (Wildman–Crippen LogP) is 2.25. The maximum absolute atomic E-state index is 12.7. The Morgan fingerprint density at radius 3 is 3.03 bits per heavy atom. The van der Waals surface area contributed by atoms with Gasteiger partial charge in [0.05, 0.1) is 18.0 Å². The molecule has 3 atom stereocenters. The molecule has 0 amide bonds. The average Bonchev–Trinajstić information content (AvgIpc) is 3.38. The predicted molar refractivity (Wildman–Crippen MR) is 115 cm³/mol. The van der Waals surface area contributed by atoms with Crippen LogP contribution in [0.5, 0.6) is 0 Å². The molecular formula is C22H18N8O2. The van der Waals surface area contributed by atoms with Gasteiger partial charge >= 0.3 is 0 Å². The van der Waals surface area contributed by atoms with Gasteiger partial charge in [-0.15, -0.1) is 0 Å². The number of nitrogens with zero attached hydrogens (tertiary/aromatic N) is 7. The fraction of sp³-hybridized carbons (Fsp3) is 0.273. The van der Waals surface area contributed by atoms with Gasteiger partial charge in [0.1, 0.15) is 12.9 Å². The number of aromatic amines is 1. The van der Waals surface area contributed by atoms with Crippen molar-refractivity contribution in [2.24, 2.45) is 18.9 Å². The van der Waals surface area contributed by atoms with Gasteiger partial charge in [-0.3, -0.25) is 14.5 Å². The lowest BCUT2D eigenvalue weighted by molar-refractivity contribution is 0.364. The van der Waals surface area contributed by atoms with Gasteiger partial charge in [-0.1, -0.05) is 17.3 Å². The number of H-pyrrole nitrogens is 1. The number of imidazole rings is 1. The van der Waals surface area contributed by atoms with E-state index < -0.39 is 0 Å². The van der Waals surface area contributed by atoms with E-state index in [-0.39, 0.29) is 18.0 Å². The number of benzene rings is 1. The Morgan fingerprint density at radius 1 is 1.25 bits per heavy atom. The number of aromatic nitrogens is 8. The van der Waals surface area contributed by atoms with Crippen molar-refractivity contribution in [1.82, 2.24) is 39.4 Å². The third-order valence-electron chi connectivity index (χ3n) is 6.68. The van der Waals surface area contributed by atoms with Gasteiger partial charge in [-0.2, -0.15) is 10.1 Å². The summed E-state index contributed by atoms with van der Waals surface area (Å²) in [6.07, 6.45) is 8.25. The maximum atomic E-state index is 12.7. The van der Waals surface area contributed by atoms with Crippen LogP contribution in [0.4, 0.5) is 0 Å². The van der Waals surface area contributed by atoms with E-state index in [0.717, 1.165) is 23.1 Å². The summed E-state index contributed by atoms with van der Waals surface area (Å²) in [6.45, 7) is 0.188. The summed E-state index contributed by atoms with van der Waals surface area (Å²) >= 11 is 0. The molecule has 0 saturated heterocycles. The van der Waals surface area contributed by atoms with Crippen molar-refractivity contribution < 1.29 is 4.52 Å². The molecule has 3 unspecified atom stereocenters. The normalized spacial score (nSPS) is 21.9. The number of fused-ring (bicyclic) bond motifs is 3. The molecule has 0 spiro atoms. The molecule has 7 rings (SSSR count). The van der Waals surface area contributed by atoms with Crippen LogP contribution in [-0.2, 0) is 13.6 Å². The van der Waals surface area contributed by atoms with Gasteiger partial charge in [0.15, 0.2) is 17.0 Å². The first-order valence-electron chi connectivity index (χ1n) is 10.5. The minimum Gasteiger partial charge on any atom is -0.337 e. The highest BCUT2D eigenvalue weighted by molar-refractivity contribution is 5.84. The van der Waals surface area contributed by atoms with Crippen LogP contribution in [0.25, 0.3) is 27.6 Å². The molecule has 10 nitrogen and oxygen atoms in total. The van der Waals surface area contributed by atoms with Crippen LogP contribution < -0.4 is 5.56 Å². The summed E-state index contributed by atoms with van der Waals surface area (Å²) < 4.78 is 8.60. The smallest absolute Gasteiger partial charge is 0.280 e. The van der Waals surface area contributed by atoms with E-state index in [1.54, 1.807) is 17.9 Å². The molecule has 10 heteroatoms. The molecular weight excluding hydrogens is 408 g/mol. The monoisotopic (exact) mass is 426 g/mol. The zero-order valence-corrected chi connectivity index (χ0v) is 17.1. The Balaban J connectivity index is 1.11. The zero-order valence-electron chi connectivity index (χ0n) is 17.1. The minimum absolute atomic E-state index is 0.180. The van der Waals surface area contributed by atoms with Crippen LogP contribution in [0.15, 0.2) is 52.4 Å². The third-order valence-corrected chi connectivity index (χ3v) is 6.68. The molecule has 1 saturated carbocycles. The molecule has 1 aromatic carbocycles. The number of allylic oxidation sites excluding steroid dienone is 2. The molecule has 158 valence electrons. The van der Waals surface area contributed by atoms with Crippen molar-refractivity contribution in [2.75, 3.05) is 0 Å². The first-order valence-corrected chi connectivity index (χ1v) is 10.5. The van der Waals surface area contributed by atoms with Crippen molar-refractivity contribution in [3.63, 3.8) is 0 Å². The number of hydrogen-bond acceptors (Lipinski definition) is 7. The lowest BCUT2D eigenvalue weighted by Gasteiger charge is -2.05. The SMILES string of the molecule is Cn1cnc2ncn(Cc3nc(C4C5C=C(c6ccc7[nH]ncc7c6)CC54)no3)c(=O)c21. The Morgan fingerprint density at radius 2 is 2.16 bits per heavy atom. The summed E-state index contributed by atoms with van der Waals surface area (Å²) in [5.41, 5.74) is 4.36. The minimum atomic E-state index is -0.180. The number of nitrogens with one attached hydrogen (secondary N) is 1. The fourth-order valence-electron chi connectivity index (χ4n) is 4.96. The number of aryl methyl sites for hydroxylation is 1. The van der Waals surface area contributed by atoms with Crippen molar-refractivity contribution in [3.8, 4) is 0 Å². The standard InChI is InChI=1S/C22H18N8O2/c1-29-9-23-21-19(29)22(31)30(10-24-21)8-17-26-20(28-32-17)18-14-5-12(6-15(14)18)11-2-3-16-13(4-11)7-25-27-16/h2-5,7,9-10,14-15,18H,6,8H2,1H3,(H,25,27). The molecule has 5 aromatic rings. The molecule has 2 aliphatic rings. The van der Waals surface area contributed by atoms with E-state index in [0.29, 0.717) is 28.9 Å². The van der Waals surface area contributed by atoms with E-state index in [2.05, 4.69) is 54.6 Å². The molecule has 4 heterocycles. The Bertz CT molecular complexity index is 1600. The fourth-order valence-corrected chi connectivity index (χ4v) is 4.96. The first kappa shape index (κ1) is 17.6. The largest absolute Gasteiger partial charge is 0.337 e. The summed E-state index contributed by atoms with van der Waals surface area (Å²) in [7, 11) is 1.77. The van der Waals surface area contributed by atoms with Crippen molar-refractivity contribution in [2.45, 2.75) is 18.9 Å². The lowest BCUT2D eigenvalue weighted by atomic mass is 10.00. The van der Waals surface area contributed by atoms with Gasteiger partial charge < -0.3 is 9.09 Å². The highest BCUT2D eigenvalue weighted by Gasteiger charge is 2.55. The van der Waals surface area contributed by atoms with Crippen molar-refractivity contribution in [3.05, 3.63) is 70.8 Å². The van der Waals surface area contributed by atoms with Crippen LogP contribution in [0.2, 0.25) is 0 Å². The molecule has 0 aliphatic heterocycles. The second-order valence-electron chi connectivity index (χ2n) is 8.59. The maximum Gasteiger partial charge on any atom is 0.280 e. The van der Waals surface area contributed by atoms with Crippen molar-refractivity contribution >= 4 is 27.6 Å². The van der Waals surface area contributed by atoms with Gasteiger partial charge in [-0.25, -0.2) is 9.97 Å². The summed E-state index contributed by atoms with van der Waals surface area (Å²) in [6, 6.07) is 6.40. The summed E-state index contributed by atoms with van der Waals surface area (Å²) in [4.78, 5) is 25.7. The van der Waals surface area contributed by atoms with Gasteiger partial charge in [0.2, 0.25) is 5.89 Å². The van der Waals surface area contributed by atoms with Crippen molar-refractivity contribution in [1.29, 1.82) is 0 Å². The Labute approximate surface area is 180 Å². The lowest BCUT2D eigenvalue weighted by Crippen LogP contribution is -2.22. The van der Waals surface area contributed by atoms with Gasteiger partial charge in [0, 0.05) is 18.4 Å². The highest BCUT2D eigenvalue weighted by atomic mass is 16.5. The quantitative estimate of drug-likeness (QED) is 0.468. The molecule has 2 aliphatic carbocycles. The van der Waals surface area contributed by atoms with E-state index in [1.807, 2.05) is 6.20 Å². The summed E-state index contributed by atoms with van der Waals surface area (Å²) in [5.74, 6) is 2.35. The molecule has 0 bridgehead atoms. The molecule has 4 aromatic heterocycles.